The lowest BCUT2D eigenvalue weighted by Crippen LogP contribution is -2.24. The van der Waals surface area contributed by atoms with E-state index in [1.165, 1.54) is 0 Å². The molecular formula is C9H9ClN4O2. The predicted molar refractivity (Wildman–Crippen MR) is 58.6 cm³/mol. The molecule has 6 nitrogen and oxygen atoms in total. The van der Waals surface area contributed by atoms with Crippen molar-refractivity contribution in [2.24, 2.45) is 0 Å². The van der Waals surface area contributed by atoms with Crippen molar-refractivity contribution in [3.63, 3.8) is 0 Å². The minimum atomic E-state index is -1.04. The zero-order valence-electron chi connectivity index (χ0n) is 8.22. The first kappa shape index (κ1) is 10.7. The number of hydrogen-bond donors (Lipinski definition) is 2. The van der Waals surface area contributed by atoms with E-state index in [-0.39, 0.29) is 0 Å². The molecule has 0 unspecified atom stereocenters. The Morgan fingerprint density at radius 2 is 2.38 bits per heavy atom. The summed E-state index contributed by atoms with van der Waals surface area (Å²) in [5, 5.41) is 11.1. The van der Waals surface area contributed by atoms with Crippen molar-refractivity contribution >= 4 is 28.7 Å². The van der Waals surface area contributed by atoms with Crippen molar-refractivity contribution in [3.8, 4) is 0 Å². The van der Waals surface area contributed by atoms with E-state index in [1.807, 2.05) is 4.57 Å². The summed E-state index contributed by atoms with van der Waals surface area (Å²) in [6.45, 7) is 0.823. The zero-order valence-corrected chi connectivity index (χ0v) is 8.98. The fraction of sp³-hybridized carbons (Fsp3) is 0.222. The first-order chi connectivity index (χ1) is 7.66. The van der Waals surface area contributed by atoms with Gasteiger partial charge in [-0.2, -0.15) is 0 Å². The second kappa shape index (κ2) is 4.36. The van der Waals surface area contributed by atoms with Crippen LogP contribution < -0.4 is 5.32 Å². The van der Waals surface area contributed by atoms with Gasteiger partial charge < -0.3 is 15.0 Å². The number of carbonyl (C=O) groups is 1. The van der Waals surface area contributed by atoms with Gasteiger partial charge in [0.1, 0.15) is 10.7 Å². The van der Waals surface area contributed by atoms with Gasteiger partial charge in [0.15, 0.2) is 0 Å². The van der Waals surface area contributed by atoms with Gasteiger partial charge in [0.05, 0.1) is 18.0 Å². The Morgan fingerprint density at radius 3 is 3.12 bits per heavy atom. The van der Waals surface area contributed by atoms with Gasteiger partial charge in [-0.3, -0.25) is 0 Å². The number of nitrogens with zero attached hydrogens (tertiary/aromatic N) is 3. The SMILES string of the molecule is O=C(O)NCCn1cnc2cnc(Cl)cc21. The van der Waals surface area contributed by atoms with Crippen LogP contribution in [-0.2, 0) is 6.54 Å². The number of aromatic nitrogens is 3. The van der Waals surface area contributed by atoms with Crippen LogP contribution in [0.1, 0.15) is 0 Å². The molecule has 0 fully saturated rings. The lowest BCUT2D eigenvalue weighted by molar-refractivity contribution is 0.194. The zero-order chi connectivity index (χ0) is 11.5. The number of rotatable bonds is 3. The van der Waals surface area contributed by atoms with Crippen molar-refractivity contribution < 1.29 is 9.90 Å². The van der Waals surface area contributed by atoms with Crippen molar-refractivity contribution in [3.05, 3.63) is 23.7 Å². The molecule has 2 aromatic heterocycles. The Labute approximate surface area is 95.9 Å². The third-order valence-corrected chi connectivity index (χ3v) is 2.31. The lowest BCUT2D eigenvalue weighted by atomic mass is 10.4. The Bertz CT molecular complexity index is 525. The van der Waals surface area contributed by atoms with Gasteiger partial charge in [0, 0.05) is 19.2 Å². The molecule has 16 heavy (non-hydrogen) atoms. The second-order valence-corrected chi connectivity index (χ2v) is 3.55. The summed E-state index contributed by atoms with van der Waals surface area (Å²) in [7, 11) is 0. The standard InChI is InChI=1S/C9H9ClN4O2/c10-8-3-7-6(4-12-8)13-5-14(7)2-1-11-9(15)16/h3-5,11H,1-2H2,(H,15,16). The molecular weight excluding hydrogens is 232 g/mol. The average molecular weight is 241 g/mol. The van der Waals surface area contributed by atoms with E-state index in [9.17, 15) is 4.79 Å². The van der Waals surface area contributed by atoms with Gasteiger partial charge in [-0.15, -0.1) is 0 Å². The van der Waals surface area contributed by atoms with Crippen molar-refractivity contribution in [2.45, 2.75) is 6.54 Å². The van der Waals surface area contributed by atoms with Crippen molar-refractivity contribution in [2.75, 3.05) is 6.54 Å². The van der Waals surface area contributed by atoms with E-state index in [2.05, 4.69) is 15.3 Å². The van der Waals surface area contributed by atoms with E-state index in [0.29, 0.717) is 18.2 Å². The minimum absolute atomic E-state index is 0.320. The fourth-order valence-corrected chi connectivity index (χ4v) is 1.55. The monoisotopic (exact) mass is 240 g/mol. The van der Waals surface area contributed by atoms with Crippen LogP contribution in [0, 0.1) is 0 Å². The Kier molecular flexibility index (Phi) is 2.91. The van der Waals surface area contributed by atoms with Crippen LogP contribution >= 0.6 is 11.6 Å². The smallest absolute Gasteiger partial charge is 0.404 e. The Hall–Kier alpha value is -1.82. The molecule has 0 saturated carbocycles. The van der Waals surface area contributed by atoms with E-state index >= 15 is 0 Å². The number of fused-ring (bicyclic) bond motifs is 1. The summed E-state index contributed by atoms with van der Waals surface area (Å²) in [6.07, 6.45) is 2.18. The lowest BCUT2D eigenvalue weighted by Gasteiger charge is -2.03. The Morgan fingerprint density at radius 1 is 1.56 bits per heavy atom. The number of imidazole rings is 1. The van der Waals surface area contributed by atoms with Gasteiger partial charge in [0.25, 0.3) is 0 Å². The highest BCUT2D eigenvalue weighted by molar-refractivity contribution is 6.29. The van der Waals surface area contributed by atoms with Crippen LogP contribution in [0.15, 0.2) is 18.6 Å². The van der Waals surface area contributed by atoms with Crippen LogP contribution in [-0.4, -0.2) is 32.3 Å². The number of carboxylic acid groups (broad SMARTS) is 1. The van der Waals surface area contributed by atoms with E-state index in [4.69, 9.17) is 16.7 Å². The van der Waals surface area contributed by atoms with Gasteiger partial charge in [0.2, 0.25) is 0 Å². The van der Waals surface area contributed by atoms with Gasteiger partial charge in [-0.25, -0.2) is 14.8 Å². The molecule has 2 heterocycles. The second-order valence-electron chi connectivity index (χ2n) is 3.17. The molecule has 0 aliphatic rings. The van der Waals surface area contributed by atoms with Gasteiger partial charge in [-0.05, 0) is 0 Å². The van der Waals surface area contributed by atoms with Crippen LogP contribution in [0.2, 0.25) is 5.15 Å². The molecule has 0 saturated heterocycles. The minimum Gasteiger partial charge on any atom is -0.465 e. The number of pyridine rings is 1. The number of amides is 1. The fourth-order valence-electron chi connectivity index (χ4n) is 1.40. The molecule has 0 radical (unpaired) electrons. The van der Waals surface area contributed by atoms with Crippen LogP contribution in [0.25, 0.3) is 11.0 Å². The van der Waals surface area contributed by atoms with E-state index < -0.39 is 6.09 Å². The van der Waals surface area contributed by atoms with E-state index in [1.54, 1.807) is 18.6 Å². The van der Waals surface area contributed by atoms with Crippen molar-refractivity contribution in [1.29, 1.82) is 0 Å². The molecule has 0 bridgehead atoms. The molecule has 7 heteroatoms. The Balaban J connectivity index is 2.17. The molecule has 0 aromatic carbocycles. The quantitative estimate of drug-likeness (QED) is 0.794. The maximum Gasteiger partial charge on any atom is 0.404 e. The van der Waals surface area contributed by atoms with Crippen LogP contribution in [0.3, 0.4) is 0 Å². The summed E-state index contributed by atoms with van der Waals surface area (Å²) >= 11 is 5.77. The third-order valence-electron chi connectivity index (χ3n) is 2.10. The van der Waals surface area contributed by atoms with Crippen molar-refractivity contribution in [1.82, 2.24) is 19.9 Å². The summed E-state index contributed by atoms with van der Waals surface area (Å²) in [4.78, 5) is 18.3. The molecule has 0 atom stereocenters. The highest BCUT2D eigenvalue weighted by Crippen LogP contribution is 2.15. The molecule has 0 aliphatic heterocycles. The first-order valence-corrected chi connectivity index (χ1v) is 4.98. The topological polar surface area (TPSA) is 80.0 Å². The summed E-state index contributed by atoms with van der Waals surface area (Å²) in [5.74, 6) is 0. The molecule has 2 N–H and O–H groups in total. The van der Waals surface area contributed by atoms with E-state index in [0.717, 1.165) is 11.0 Å². The molecule has 0 spiro atoms. The summed E-state index contributed by atoms with van der Waals surface area (Å²) in [5.41, 5.74) is 1.58. The maximum atomic E-state index is 10.3. The number of nitrogens with one attached hydrogen (secondary N) is 1. The first-order valence-electron chi connectivity index (χ1n) is 4.60. The molecule has 84 valence electrons. The normalized spacial score (nSPS) is 10.6. The molecule has 1 amide bonds. The number of halogens is 1. The molecule has 0 aliphatic carbocycles. The highest BCUT2D eigenvalue weighted by atomic mass is 35.5. The average Bonchev–Trinajstić information content (AvgIpc) is 2.60. The van der Waals surface area contributed by atoms with Gasteiger partial charge >= 0.3 is 6.09 Å². The maximum absolute atomic E-state index is 10.3. The largest absolute Gasteiger partial charge is 0.465 e. The van der Waals surface area contributed by atoms with Crippen LogP contribution in [0.4, 0.5) is 4.79 Å². The predicted octanol–water partition coefficient (Wildman–Crippen LogP) is 1.35. The van der Waals surface area contributed by atoms with Gasteiger partial charge in [-0.1, -0.05) is 11.6 Å². The summed E-state index contributed by atoms with van der Waals surface area (Å²) < 4.78 is 1.82. The summed E-state index contributed by atoms with van der Waals surface area (Å²) in [6, 6.07) is 1.70. The number of hydrogen-bond acceptors (Lipinski definition) is 3. The van der Waals surface area contributed by atoms with Crippen LogP contribution in [0.5, 0.6) is 0 Å². The molecule has 2 aromatic rings. The molecule has 2 rings (SSSR count). The third kappa shape index (κ3) is 2.22. The highest BCUT2D eigenvalue weighted by Gasteiger charge is 2.04.